The van der Waals surface area contributed by atoms with E-state index in [0.29, 0.717) is 6.42 Å². The number of Topliss-reactive ketones (excluding diaryl/α,β-unsaturated/α-hetero) is 1. The Morgan fingerprint density at radius 2 is 1.96 bits per heavy atom. The normalized spacial score (nSPS) is 53.8. The van der Waals surface area contributed by atoms with Crippen LogP contribution in [0.5, 0.6) is 0 Å². The minimum absolute atomic E-state index is 0.0206. The molecule has 5 heterocycles. The summed E-state index contributed by atoms with van der Waals surface area (Å²) in [6.45, 7) is 4.65. The summed E-state index contributed by atoms with van der Waals surface area (Å²) in [6.07, 6.45) is 4.66. The van der Waals surface area contributed by atoms with Crippen LogP contribution < -0.4 is 0 Å². The Labute approximate surface area is 141 Å². The van der Waals surface area contributed by atoms with Crippen LogP contribution in [-0.2, 0) is 23.8 Å². The van der Waals surface area contributed by atoms with Crippen LogP contribution in [0.3, 0.4) is 0 Å². The minimum Gasteiger partial charge on any atom is -0.460 e. The number of hydrogen-bond donors (Lipinski definition) is 0. The highest BCUT2D eigenvalue weighted by Crippen LogP contribution is 2.58. The average Bonchev–Trinajstić information content (AvgIpc) is 3.20. The summed E-state index contributed by atoms with van der Waals surface area (Å²) in [5.74, 6) is 0.0787. The Morgan fingerprint density at radius 3 is 2.62 bits per heavy atom. The van der Waals surface area contributed by atoms with Crippen LogP contribution in [0.25, 0.3) is 0 Å². The topological polar surface area (TPSA) is 65.1 Å². The number of esters is 1. The predicted molar refractivity (Wildman–Crippen MR) is 83.1 cm³/mol. The Balaban J connectivity index is 1.48. The molecular weight excluding hydrogens is 310 g/mol. The van der Waals surface area contributed by atoms with E-state index in [0.717, 1.165) is 38.6 Å². The molecule has 0 radical (unpaired) electrons. The highest BCUT2D eigenvalue weighted by molar-refractivity contribution is 5.86. The fourth-order valence-corrected chi connectivity index (χ4v) is 5.82. The van der Waals surface area contributed by atoms with Gasteiger partial charge in [0.2, 0.25) is 0 Å². The quantitative estimate of drug-likeness (QED) is 0.675. The van der Waals surface area contributed by atoms with Gasteiger partial charge in [-0.25, -0.2) is 0 Å². The standard InChI is InChI=1S/C18H25NO5/c1-10-7-15(22-16(10)21)13-4-6-18-17(8-14(20)11(2)23-17)5-3-12(24-18)9-19(13)18/h10-13,15H,3-9H2,1-2H3/t10-,11-,12+,13-,15-,17+,18-/m0/s1. The zero-order valence-corrected chi connectivity index (χ0v) is 14.3. The molecule has 0 saturated carbocycles. The van der Waals surface area contributed by atoms with E-state index in [1.54, 1.807) is 0 Å². The van der Waals surface area contributed by atoms with E-state index >= 15 is 0 Å². The van der Waals surface area contributed by atoms with E-state index in [9.17, 15) is 9.59 Å². The fourth-order valence-electron chi connectivity index (χ4n) is 5.82. The van der Waals surface area contributed by atoms with E-state index in [2.05, 4.69) is 4.90 Å². The lowest BCUT2D eigenvalue weighted by Crippen LogP contribution is -2.62. The van der Waals surface area contributed by atoms with Gasteiger partial charge in [-0.3, -0.25) is 14.5 Å². The van der Waals surface area contributed by atoms with E-state index in [1.807, 2.05) is 13.8 Å². The van der Waals surface area contributed by atoms with Gasteiger partial charge < -0.3 is 14.2 Å². The van der Waals surface area contributed by atoms with E-state index in [4.69, 9.17) is 14.2 Å². The van der Waals surface area contributed by atoms with Crippen molar-refractivity contribution in [3.8, 4) is 0 Å². The Hall–Kier alpha value is -0.980. The molecule has 5 aliphatic heterocycles. The van der Waals surface area contributed by atoms with Crippen molar-refractivity contribution < 1.29 is 23.8 Å². The molecule has 132 valence electrons. The maximum absolute atomic E-state index is 12.3. The van der Waals surface area contributed by atoms with Crippen LogP contribution in [0, 0.1) is 5.92 Å². The minimum atomic E-state index is -0.514. The number of ether oxygens (including phenoxy) is 3. The van der Waals surface area contributed by atoms with E-state index in [1.165, 1.54) is 0 Å². The molecule has 0 aromatic carbocycles. The van der Waals surface area contributed by atoms with Gasteiger partial charge in [-0.05, 0) is 39.0 Å². The molecule has 0 aromatic heterocycles. The second-order valence-corrected chi connectivity index (χ2v) is 8.33. The monoisotopic (exact) mass is 335 g/mol. The summed E-state index contributed by atoms with van der Waals surface area (Å²) < 4.78 is 18.4. The highest BCUT2D eigenvalue weighted by atomic mass is 16.6. The molecule has 5 rings (SSSR count). The molecule has 0 N–H and O–H groups in total. The maximum Gasteiger partial charge on any atom is 0.309 e. The summed E-state index contributed by atoms with van der Waals surface area (Å²) in [6, 6.07) is 0.188. The molecule has 6 nitrogen and oxygen atoms in total. The third-order valence-corrected chi connectivity index (χ3v) is 6.99. The van der Waals surface area contributed by atoms with Crippen molar-refractivity contribution in [1.82, 2.24) is 4.90 Å². The Kier molecular flexibility index (Phi) is 3.06. The van der Waals surface area contributed by atoms with Crippen molar-refractivity contribution in [3.05, 3.63) is 0 Å². The number of hydrogen-bond acceptors (Lipinski definition) is 6. The number of cyclic esters (lactones) is 1. The number of rotatable bonds is 1. The summed E-state index contributed by atoms with van der Waals surface area (Å²) in [7, 11) is 0. The number of carbonyl (C=O) groups excluding carboxylic acids is 2. The van der Waals surface area contributed by atoms with Gasteiger partial charge in [0.05, 0.1) is 12.0 Å². The average molecular weight is 335 g/mol. The van der Waals surface area contributed by atoms with Crippen LogP contribution in [-0.4, -0.2) is 58.9 Å². The molecule has 5 saturated heterocycles. The Morgan fingerprint density at radius 1 is 1.12 bits per heavy atom. The van der Waals surface area contributed by atoms with Crippen LogP contribution in [0.2, 0.25) is 0 Å². The Bertz CT molecular complexity index is 608. The summed E-state index contributed by atoms with van der Waals surface area (Å²) >= 11 is 0. The lowest BCUT2D eigenvalue weighted by atomic mass is 9.80. The van der Waals surface area contributed by atoms with Crippen LogP contribution in [0.4, 0.5) is 0 Å². The van der Waals surface area contributed by atoms with E-state index < -0.39 is 11.3 Å². The first-order valence-corrected chi connectivity index (χ1v) is 9.30. The molecule has 0 aliphatic carbocycles. The zero-order chi connectivity index (χ0) is 16.7. The van der Waals surface area contributed by atoms with Crippen LogP contribution in [0.1, 0.15) is 52.4 Å². The second kappa shape index (κ2) is 4.80. The molecule has 2 spiro atoms. The van der Waals surface area contributed by atoms with E-state index in [-0.39, 0.29) is 42.0 Å². The molecule has 2 bridgehead atoms. The van der Waals surface area contributed by atoms with Crippen molar-refractivity contribution in [3.63, 3.8) is 0 Å². The van der Waals surface area contributed by atoms with Crippen molar-refractivity contribution in [2.24, 2.45) is 5.92 Å². The molecule has 7 atom stereocenters. The summed E-state index contributed by atoms with van der Waals surface area (Å²) in [5.41, 5.74) is -1.02. The van der Waals surface area contributed by atoms with Crippen molar-refractivity contribution in [2.45, 2.75) is 88.1 Å². The molecule has 0 aromatic rings. The van der Waals surface area contributed by atoms with Crippen molar-refractivity contribution >= 4 is 11.8 Å². The SMILES string of the molecule is C[C@@H]1O[C@]2(CC[C@@H]3CN4[C@H]([C@@H]5C[C@H](C)C(=O)O5)CC[C@@]42O3)CC1=O. The first kappa shape index (κ1) is 15.3. The number of ketones is 1. The first-order valence-electron chi connectivity index (χ1n) is 9.30. The highest BCUT2D eigenvalue weighted by Gasteiger charge is 2.71. The molecular formula is C18H25NO5. The smallest absolute Gasteiger partial charge is 0.309 e. The van der Waals surface area contributed by atoms with Gasteiger partial charge in [0.25, 0.3) is 0 Å². The maximum atomic E-state index is 12.3. The van der Waals surface area contributed by atoms with Gasteiger partial charge in [0.1, 0.15) is 17.8 Å². The van der Waals surface area contributed by atoms with Crippen molar-refractivity contribution in [1.29, 1.82) is 0 Å². The molecule has 0 amide bonds. The van der Waals surface area contributed by atoms with Gasteiger partial charge in [-0.2, -0.15) is 0 Å². The molecule has 0 unspecified atom stereocenters. The third kappa shape index (κ3) is 1.77. The first-order chi connectivity index (χ1) is 11.4. The predicted octanol–water partition coefficient (Wildman–Crippen LogP) is 1.41. The number of nitrogens with zero attached hydrogens (tertiary/aromatic N) is 1. The molecule has 6 heteroatoms. The lowest BCUT2D eigenvalue weighted by molar-refractivity contribution is -0.257. The van der Waals surface area contributed by atoms with Gasteiger partial charge >= 0.3 is 5.97 Å². The number of fused-ring (bicyclic) bond motifs is 1. The zero-order valence-electron chi connectivity index (χ0n) is 14.3. The molecule has 5 fully saturated rings. The largest absolute Gasteiger partial charge is 0.460 e. The summed E-state index contributed by atoms with van der Waals surface area (Å²) in [4.78, 5) is 26.5. The van der Waals surface area contributed by atoms with Gasteiger partial charge in [0, 0.05) is 19.0 Å². The van der Waals surface area contributed by atoms with Gasteiger partial charge in [0.15, 0.2) is 11.5 Å². The number of carbonyl (C=O) groups is 2. The summed E-state index contributed by atoms with van der Waals surface area (Å²) in [5, 5.41) is 0. The van der Waals surface area contributed by atoms with Gasteiger partial charge in [-0.1, -0.05) is 6.92 Å². The fraction of sp³-hybridized carbons (Fsp3) is 0.889. The third-order valence-electron chi connectivity index (χ3n) is 6.99. The van der Waals surface area contributed by atoms with Crippen LogP contribution in [0.15, 0.2) is 0 Å². The van der Waals surface area contributed by atoms with Crippen molar-refractivity contribution in [2.75, 3.05) is 6.54 Å². The molecule has 5 aliphatic rings. The van der Waals surface area contributed by atoms with Crippen LogP contribution >= 0.6 is 0 Å². The molecule has 24 heavy (non-hydrogen) atoms. The lowest BCUT2D eigenvalue weighted by Gasteiger charge is -2.49. The second-order valence-electron chi connectivity index (χ2n) is 8.33. The van der Waals surface area contributed by atoms with Gasteiger partial charge in [-0.15, -0.1) is 0 Å².